The number of carbonyl (C=O) groups is 1. The number of carboxylic acids is 1. The number of nitrogens with zero attached hydrogens (tertiary/aromatic N) is 1. The van der Waals surface area contributed by atoms with E-state index in [4.69, 9.17) is 0 Å². The standard InChI is InChI=1S/C24H49NO2.Na/c1-4-7-10-12-14-16-18-21-25(23(24(26)27)20-9-6-3)22-19-17-15-13-11-8-5-2;/h23H,4-22H2,1-3H3,(H,26,27);/q;+1/p-1. The molecule has 1 atom stereocenters. The van der Waals surface area contributed by atoms with Crippen LogP contribution in [-0.4, -0.2) is 30.0 Å². The van der Waals surface area contributed by atoms with Crippen molar-refractivity contribution in [2.75, 3.05) is 13.1 Å². The van der Waals surface area contributed by atoms with E-state index in [1.807, 2.05) is 0 Å². The smallest absolute Gasteiger partial charge is 0.548 e. The van der Waals surface area contributed by atoms with E-state index in [0.29, 0.717) is 0 Å². The first-order valence-corrected chi connectivity index (χ1v) is 12.1. The van der Waals surface area contributed by atoms with Gasteiger partial charge in [-0.25, -0.2) is 0 Å². The van der Waals surface area contributed by atoms with Gasteiger partial charge in [-0.1, -0.05) is 111 Å². The van der Waals surface area contributed by atoms with E-state index >= 15 is 0 Å². The normalized spacial score (nSPS) is 12.1. The zero-order chi connectivity index (χ0) is 20.2. The van der Waals surface area contributed by atoms with Gasteiger partial charge >= 0.3 is 29.6 Å². The quantitative estimate of drug-likeness (QED) is 0.218. The summed E-state index contributed by atoms with van der Waals surface area (Å²) in [5.41, 5.74) is 0. The number of carboxylic acid groups (broad SMARTS) is 1. The van der Waals surface area contributed by atoms with Gasteiger partial charge in [-0.3, -0.25) is 4.90 Å². The van der Waals surface area contributed by atoms with Crippen molar-refractivity contribution in [2.24, 2.45) is 0 Å². The van der Waals surface area contributed by atoms with Gasteiger partial charge in [-0.05, 0) is 32.4 Å². The van der Waals surface area contributed by atoms with Crippen LogP contribution < -0.4 is 34.7 Å². The van der Waals surface area contributed by atoms with E-state index < -0.39 is 5.97 Å². The second-order valence-corrected chi connectivity index (χ2v) is 8.26. The van der Waals surface area contributed by atoms with Crippen molar-refractivity contribution in [1.82, 2.24) is 4.90 Å². The van der Waals surface area contributed by atoms with Crippen molar-refractivity contribution in [3.63, 3.8) is 0 Å². The molecule has 0 aliphatic carbocycles. The van der Waals surface area contributed by atoms with Gasteiger partial charge in [0.2, 0.25) is 0 Å². The van der Waals surface area contributed by atoms with Crippen molar-refractivity contribution >= 4 is 5.97 Å². The van der Waals surface area contributed by atoms with Crippen molar-refractivity contribution in [3.8, 4) is 0 Å². The van der Waals surface area contributed by atoms with E-state index in [2.05, 4.69) is 25.7 Å². The molecule has 0 aliphatic rings. The molecule has 28 heavy (non-hydrogen) atoms. The van der Waals surface area contributed by atoms with E-state index in [1.165, 1.54) is 77.0 Å². The molecule has 0 bridgehead atoms. The van der Waals surface area contributed by atoms with Crippen LogP contribution in [0.15, 0.2) is 0 Å². The van der Waals surface area contributed by atoms with Gasteiger partial charge in [0.25, 0.3) is 0 Å². The molecule has 0 fully saturated rings. The number of hydrogen-bond acceptors (Lipinski definition) is 3. The van der Waals surface area contributed by atoms with Crippen molar-refractivity contribution in [3.05, 3.63) is 0 Å². The number of rotatable bonds is 21. The average molecular weight is 406 g/mol. The summed E-state index contributed by atoms with van der Waals surface area (Å²) in [4.78, 5) is 13.9. The number of unbranched alkanes of at least 4 members (excludes halogenated alkanes) is 13. The minimum absolute atomic E-state index is 0. The molecule has 162 valence electrons. The first-order chi connectivity index (χ1) is 13.2. The van der Waals surface area contributed by atoms with Crippen molar-refractivity contribution in [1.29, 1.82) is 0 Å². The van der Waals surface area contributed by atoms with Crippen LogP contribution in [0.4, 0.5) is 0 Å². The molecule has 0 heterocycles. The van der Waals surface area contributed by atoms with Crippen LogP contribution >= 0.6 is 0 Å². The van der Waals surface area contributed by atoms with E-state index in [0.717, 1.165) is 45.2 Å². The SMILES string of the molecule is CCCCCCCCCN(CCCCCCCCC)C(CCCC)C(=O)[O-].[Na+]. The average Bonchev–Trinajstić information content (AvgIpc) is 2.65. The summed E-state index contributed by atoms with van der Waals surface area (Å²) in [5.74, 6) is -0.866. The topological polar surface area (TPSA) is 43.4 Å². The molecule has 0 saturated heterocycles. The molecule has 4 heteroatoms. The summed E-state index contributed by atoms with van der Waals surface area (Å²) in [6.45, 7) is 8.47. The van der Waals surface area contributed by atoms with E-state index in [-0.39, 0.29) is 35.6 Å². The fourth-order valence-electron chi connectivity index (χ4n) is 3.81. The fourth-order valence-corrected chi connectivity index (χ4v) is 3.81. The van der Waals surface area contributed by atoms with Gasteiger partial charge in [-0.15, -0.1) is 0 Å². The minimum atomic E-state index is -0.866. The third-order valence-corrected chi connectivity index (χ3v) is 5.64. The summed E-state index contributed by atoms with van der Waals surface area (Å²) in [6, 6.07) is -0.384. The van der Waals surface area contributed by atoms with E-state index in [1.54, 1.807) is 0 Å². The Morgan fingerprint density at radius 3 is 1.36 bits per heavy atom. The maximum absolute atomic E-state index is 11.7. The number of aliphatic carboxylic acids is 1. The van der Waals surface area contributed by atoms with Crippen molar-refractivity contribution in [2.45, 2.75) is 136 Å². The van der Waals surface area contributed by atoms with Gasteiger partial charge in [-0.2, -0.15) is 0 Å². The van der Waals surface area contributed by atoms with Crippen LogP contribution in [0.1, 0.15) is 130 Å². The molecule has 0 amide bonds. The molecular weight excluding hydrogens is 357 g/mol. The molecule has 0 saturated carbocycles. The predicted octanol–water partition coefficient (Wildman–Crippen LogP) is 3.10. The third kappa shape index (κ3) is 18.5. The summed E-state index contributed by atoms with van der Waals surface area (Å²) in [7, 11) is 0. The maximum Gasteiger partial charge on any atom is 1.00 e. The first-order valence-electron chi connectivity index (χ1n) is 12.1. The molecule has 0 aromatic rings. The van der Waals surface area contributed by atoms with Gasteiger partial charge in [0.1, 0.15) is 0 Å². The Bertz CT molecular complexity index is 308. The van der Waals surface area contributed by atoms with Crippen molar-refractivity contribution < 1.29 is 39.5 Å². The van der Waals surface area contributed by atoms with Gasteiger partial charge in [0, 0.05) is 6.04 Å². The van der Waals surface area contributed by atoms with Crippen LogP contribution in [0.3, 0.4) is 0 Å². The monoisotopic (exact) mass is 405 g/mol. The molecule has 0 radical (unpaired) electrons. The first kappa shape index (κ1) is 30.6. The Morgan fingerprint density at radius 2 is 1.00 bits per heavy atom. The van der Waals surface area contributed by atoms with Crippen LogP contribution in [-0.2, 0) is 4.79 Å². The number of hydrogen-bond donors (Lipinski definition) is 0. The molecule has 0 N–H and O–H groups in total. The summed E-state index contributed by atoms with van der Waals surface area (Å²) in [6.07, 6.45) is 20.6. The second kappa shape index (κ2) is 23.7. The maximum atomic E-state index is 11.7. The molecular formula is C24H48NNaO2. The molecule has 0 aromatic carbocycles. The van der Waals surface area contributed by atoms with E-state index in [9.17, 15) is 9.90 Å². The fraction of sp³-hybridized carbons (Fsp3) is 0.958. The Labute approximate surface area is 198 Å². The van der Waals surface area contributed by atoms with Crippen LogP contribution in [0, 0.1) is 0 Å². The zero-order valence-corrected chi connectivity index (χ0v) is 21.8. The minimum Gasteiger partial charge on any atom is -0.548 e. The Morgan fingerprint density at radius 1 is 0.643 bits per heavy atom. The van der Waals surface area contributed by atoms with Crippen LogP contribution in [0.5, 0.6) is 0 Å². The molecule has 0 rings (SSSR count). The summed E-state index contributed by atoms with van der Waals surface area (Å²) < 4.78 is 0. The Balaban J connectivity index is 0. The molecule has 0 aromatic heterocycles. The largest absolute Gasteiger partial charge is 1.00 e. The van der Waals surface area contributed by atoms with Crippen LogP contribution in [0.25, 0.3) is 0 Å². The predicted molar refractivity (Wildman–Crippen MR) is 116 cm³/mol. The summed E-state index contributed by atoms with van der Waals surface area (Å²) >= 11 is 0. The molecule has 1 unspecified atom stereocenters. The van der Waals surface area contributed by atoms with Gasteiger partial charge in [0.05, 0.1) is 5.97 Å². The van der Waals surface area contributed by atoms with Gasteiger partial charge in [0.15, 0.2) is 0 Å². The van der Waals surface area contributed by atoms with Crippen LogP contribution in [0.2, 0.25) is 0 Å². The molecule has 0 spiro atoms. The van der Waals surface area contributed by atoms with Gasteiger partial charge < -0.3 is 9.90 Å². The Hall–Kier alpha value is 0.430. The third-order valence-electron chi connectivity index (χ3n) is 5.64. The Kier molecular flexibility index (Phi) is 25.9. The zero-order valence-electron chi connectivity index (χ0n) is 19.8. The second-order valence-electron chi connectivity index (χ2n) is 8.26. The summed E-state index contributed by atoms with van der Waals surface area (Å²) in [5, 5.41) is 11.7. The number of carbonyl (C=O) groups excluding carboxylic acids is 1. The molecule has 3 nitrogen and oxygen atoms in total. The molecule has 0 aliphatic heterocycles.